The lowest BCUT2D eigenvalue weighted by Crippen LogP contribution is -2.39. The van der Waals surface area contributed by atoms with E-state index >= 15 is 0 Å². The fourth-order valence-electron chi connectivity index (χ4n) is 3.45. The Bertz CT molecular complexity index is 832. The van der Waals surface area contributed by atoms with E-state index in [4.69, 9.17) is 0 Å². The van der Waals surface area contributed by atoms with Crippen molar-refractivity contribution in [3.63, 3.8) is 0 Å². The van der Waals surface area contributed by atoms with Gasteiger partial charge >= 0.3 is 0 Å². The Balaban J connectivity index is 1.46. The maximum absolute atomic E-state index is 4.55. The summed E-state index contributed by atoms with van der Waals surface area (Å²) < 4.78 is 0. The van der Waals surface area contributed by atoms with E-state index in [1.54, 1.807) is 6.33 Å². The van der Waals surface area contributed by atoms with Crippen molar-refractivity contribution in [1.29, 1.82) is 0 Å². The highest BCUT2D eigenvalue weighted by Crippen LogP contribution is 2.26. The molecule has 1 aliphatic heterocycles. The molecule has 1 aliphatic rings. The second-order valence-electron chi connectivity index (χ2n) is 6.49. The first-order valence-electron chi connectivity index (χ1n) is 8.57. The van der Waals surface area contributed by atoms with E-state index in [0.29, 0.717) is 6.04 Å². The van der Waals surface area contributed by atoms with Crippen molar-refractivity contribution >= 4 is 22.4 Å². The Labute approximate surface area is 142 Å². The Morgan fingerprint density at radius 1 is 1.00 bits per heavy atom. The average Bonchev–Trinajstić information content (AvgIpc) is 2.62. The van der Waals surface area contributed by atoms with Crippen LogP contribution in [0.2, 0.25) is 0 Å². The lowest BCUT2D eigenvalue weighted by Gasteiger charge is -2.34. The zero-order valence-corrected chi connectivity index (χ0v) is 13.9. The number of nitrogens with one attached hydrogen (secondary N) is 1. The molecule has 122 valence electrons. The molecular formula is C20H22N4. The third kappa shape index (κ3) is 3.04. The Morgan fingerprint density at radius 2 is 1.83 bits per heavy atom. The predicted molar refractivity (Wildman–Crippen MR) is 99.6 cm³/mol. The number of rotatable bonds is 3. The lowest BCUT2D eigenvalue weighted by molar-refractivity contribution is 0.524. The van der Waals surface area contributed by atoms with Crippen LogP contribution < -0.4 is 10.2 Å². The summed E-state index contributed by atoms with van der Waals surface area (Å²) in [5, 5.41) is 4.82. The number of para-hydroxylation sites is 1. The number of hydrogen-bond donors (Lipinski definition) is 1. The normalized spacial score (nSPS) is 15.6. The molecule has 0 atom stereocenters. The lowest BCUT2D eigenvalue weighted by atomic mass is 10.0. The highest BCUT2D eigenvalue weighted by atomic mass is 15.2. The summed E-state index contributed by atoms with van der Waals surface area (Å²) in [6, 6.07) is 17.4. The molecule has 0 spiro atoms. The van der Waals surface area contributed by atoms with Crippen molar-refractivity contribution < 1.29 is 0 Å². The van der Waals surface area contributed by atoms with E-state index in [9.17, 15) is 0 Å². The molecule has 0 bridgehead atoms. The van der Waals surface area contributed by atoms with Crippen molar-refractivity contribution in [2.75, 3.05) is 23.3 Å². The maximum Gasteiger partial charge on any atom is 0.139 e. The van der Waals surface area contributed by atoms with Crippen LogP contribution in [0.5, 0.6) is 0 Å². The van der Waals surface area contributed by atoms with Crippen LogP contribution >= 0.6 is 0 Å². The predicted octanol–water partition coefficient (Wildman–Crippen LogP) is 4.02. The molecule has 4 nitrogen and oxygen atoms in total. The van der Waals surface area contributed by atoms with E-state index in [1.807, 2.05) is 12.1 Å². The fourth-order valence-corrected chi connectivity index (χ4v) is 3.45. The molecule has 2 aromatic carbocycles. The van der Waals surface area contributed by atoms with Crippen LogP contribution in [0.3, 0.4) is 0 Å². The van der Waals surface area contributed by atoms with Gasteiger partial charge in [0.25, 0.3) is 0 Å². The topological polar surface area (TPSA) is 41.0 Å². The quantitative estimate of drug-likeness (QED) is 0.792. The van der Waals surface area contributed by atoms with Gasteiger partial charge in [-0.3, -0.25) is 0 Å². The van der Waals surface area contributed by atoms with Crippen molar-refractivity contribution in [2.24, 2.45) is 0 Å². The van der Waals surface area contributed by atoms with Gasteiger partial charge in [0, 0.05) is 30.2 Å². The molecule has 1 N–H and O–H groups in total. The molecule has 0 unspecified atom stereocenters. The Kier molecular flexibility index (Phi) is 4.03. The van der Waals surface area contributed by atoms with E-state index < -0.39 is 0 Å². The number of benzene rings is 2. The first-order valence-corrected chi connectivity index (χ1v) is 8.57. The smallest absolute Gasteiger partial charge is 0.139 e. The average molecular weight is 318 g/mol. The van der Waals surface area contributed by atoms with E-state index in [-0.39, 0.29) is 0 Å². The van der Waals surface area contributed by atoms with Gasteiger partial charge in [-0.2, -0.15) is 0 Å². The molecule has 1 fully saturated rings. The second-order valence-corrected chi connectivity index (χ2v) is 6.49. The highest BCUT2D eigenvalue weighted by Gasteiger charge is 2.21. The standard InChI is InChI=1S/C20H22N4/c1-15-5-4-6-17(13-15)23-16-9-11-24(12-10-16)20-18-7-2-3-8-19(18)21-14-22-20/h2-8,13-14,16,23H,9-12H2,1H3. The molecule has 4 rings (SSSR count). The zero-order valence-electron chi connectivity index (χ0n) is 13.9. The number of fused-ring (bicyclic) bond motifs is 1. The van der Waals surface area contributed by atoms with Crippen LogP contribution in [-0.4, -0.2) is 29.1 Å². The third-order valence-electron chi connectivity index (χ3n) is 4.71. The van der Waals surface area contributed by atoms with Crippen LogP contribution in [0, 0.1) is 6.92 Å². The molecule has 1 aromatic heterocycles. The molecule has 3 aromatic rings. The highest BCUT2D eigenvalue weighted by molar-refractivity contribution is 5.89. The minimum atomic E-state index is 0.524. The number of aromatic nitrogens is 2. The summed E-state index contributed by atoms with van der Waals surface area (Å²) in [4.78, 5) is 11.3. The first-order chi connectivity index (χ1) is 11.8. The molecule has 1 saturated heterocycles. The Hall–Kier alpha value is -2.62. The molecule has 0 radical (unpaired) electrons. The van der Waals surface area contributed by atoms with Crippen LogP contribution in [0.25, 0.3) is 10.9 Å². The molecule has 4 heteroatoms. The van der Waals surface area contributed by atoms with Gasteiger partial charge in [0.15, 0.2) is 0 Å². The van der Waals surface area contributed by atoms with Crippen molar-refractivity contribution in [2.45, 2.75) is 25.8 Å². The Morgan fingerprint density at radius 3 is 2.67 bits per heavy atom. The van der Waals surface area contributed by atoms with Gasteiger partial charge in [0.05, 0.1) is 5.52 Å². The van der Waals surface area contributed by atoms with Gasteiger partial charge < -0.3 is 10.2 Å². The summed E-state index contributed by atoms with van der Waals surface area (Å²) in [5.41, 5.74) is 3.54. The molecule has 0 amide bonds. The third-order valence-corrected chi connectivity index (χ3v) is 4.71. The SMILES string of the molecule is Cc1cccc(NC2CCN(c3ncnc4ccccc34)CC2)c1. The number of nitrogens with zero attached hydrogens (tertiary/aromatic N) is 3. The van der Waals surface area contributed by atoms with Gasteiger partial charge in [-0.05, 0) is 49.6 Å². The van der Waals surface area contributed by atoms with Crippen molar-refractivity contribution in [1.82, 2.24) is 9.97 Å². The summed E-state index contributed by atoms with van der Waals surface area (Å²) in [5.74, 6) is 1.06. The number of hydrogen-bond acceptors (Lipinski definition) is 4. The maximum atomic E-state index is 4.55. The van der Waals surface area contributed by atoms with Gasteiger partial charge in [-0.25, -0.2) is 9.97 Å². The van der Waals surface area contributed by atoms with Crippen LogP contribution in [-0.2, 0) is 0 Å². The molecule has 0 aliphatic carbocycles. The van der Waals surface area contributed by atoms with Gasteiger partial charge in [0.2, 0.25) is 0 Å². The van der Waals surface area contributed by atoms with Gasteiger partial charge in [-0.1, -0.05) is 24.3 Å². The zero-order chi connectivity index (χ0) is 16.4. The van der Waals surface area contributed by atoms with Crippen LogP contribution in [0.4, 0.5) is 11.5 Å². The molecule has 0 saturated carbocycles. The minimum Gasteiger partial charge on any atom is -0.382 e. The molecule has 2 heterocycles. The van der Waals surface area contributed by atoms with E-state index in [0.717, 1.165) is 42.7 Å². The van der Waals surface area contributed by atoms with Crippen LogP contribution in [0.15, 0.2) is 54.9 Å². The van der Waals surface area contributed by atoms with E-state index in [2.05, 4.69) is 63.5 Å². The summed E-state index contributed by atoms with van der Waals surface area (Å²) in [6.45, 7) is 4.17. The van der Waals surface area contributed by atoms with Gasteiger partial charge in [0.1, 0.15) is 12.1 Å². The number of anilines is 2. The molecular weight excluding hydrogens is 296 g/mol. The summed E-state index contributed by atoms with van der Waals surface area (Å²) in [7, 11) is 0. The first kappa shape index (κ1) is 14.9. The van der Waals surface area contributed by atoms with E-state index in [1.165, 1.54) is 11.3 Å². The van der Waals surface area contributed by atoms with Crippen LogP contribution in [0.1, 0.15) is 18.4 Å². The monoisotopic (exact) mass is 318 g/mol. The largest absolute Gasteiger partial charge is 0.382 e. The fraction of sp³-hybridized carbons (Fsp3) is 0.300. The second kappa shape index (κ2) is 6.48. The van der Waals surface area contributed by atoms with Crippen molar-refractivity contribution in [3.05, 3.63) is 60.4 Å². The number of piperidine rings is 1. The van der Waals surface area contributed by atoms with Gasteiger partial charge in [-0.15, -0.1) is 0 Å². The van der Waals surface area contributed by atoms with Crippen molar-refractivity contribution in [3.8, 4) is 0 Å². The summed E-state index contributed by atoms with van der Waals surface area (Å²) in [6.07, 6.45) is 3.91. The number of aryl methyl sites for hydroxylation is 1. The minimum absolute atomic E-state index is 0.524. The summed E-state index contributed by atoms with van der Waals surface area (Å²) >= 11 is 0. The molecule has 24 heavy (non-hydrogen) atoms.